The Kier molecular flexibility index (Phi) is 3.32. The summed E-state index contributed by atoms with van der Waals surface area (Å²) in [5.41, 5.74) is 2.06. The maximum atomic E-state index is 12.1. The van der Waals surface area contributed by atoms with E-state index in [0.29, 0.717) is 35.8 Å². The number of carbonyl (C=O) groups is 1. The van der Waals surface area contributed by atoms with Crippen molar-refractivity contribution in [2.45, 2.75) is 70.3 Å². The molecule has 1 aliphatic heterocycles. The lowest BCUT2D eigenvalue weighted by Crippen LogP contribution is -2.55. The standard InChI is InChI=1S/C22H28ClNO3/c1-21-8-6-12-11-4-5-17(24-26)20(23)14(11)3-2-13(12)19(21)15-10-16(15)22(21)9-7-18(25)27-22/h11-13,15-16,19,26H,2-10H2,1H3/b24-17+/t11?,12?,13?,15-,16+,19?,21?,22?/m0/s1. The summed E-state index contributed by atoms with van der Waals surface area (Å²) >= 11 is 6.61. The van der Waals surface area contributed by atoms with E-state index in [4.69, 9.17) is 16.3 Å². The molecule has 27 heavy (non-hydrogen) atoms. The SMILES string of the molecule is CC12CCC3C4CC/C(=N\O)C(Cl)=C4CCC3C1[C@H]1C[C@H]1C21CCC(=O)O1. The molecule has 1 saturated heterocycles. The van der Waals surface area contributed by atoms with Gasteiger partial charge in [-0.15, -0.1) is 0 Å². The number of rotatable bonds is 0. The Hall–Kier alpha value is -1.03. The quantitative estimate of drug-likeness (QED) is 0.364. The largest absolute Gasteiger partial charge is 0.458 e. The maximum Gasteiger partial charge on any atom is 0.306 e. The van der Waals surface area contributed by atoms with E-state index in [1.54, 1.807) is 0 Å². The Morgan fingerprint density at radius 2 is 1.96 bits per heavy atom. The number of nitrogens with zero attached hydrogens (tertiary/aromatic N) is 1. The zero-order valence-electron chi connectivity index (χ0n) is 15.9. The molecule has 146 valence electrons. The molecule has 6 aliphatic rings. The van der Waals surface area contributed by atoms with Crippen LogP contribution in [0.15, 0.2) is 15.8 Å². The van der Waals surface area contributed by atoms with Gasteiger partial charge in [-0.2, -0.15) is 0 Å². The van der Waals surface area contributed by atoms with Crippen LogP contribution in [0.5, 0.6) is 0 Å². The second kappa shape index (κ2) is 5.31. The van der Waals surface area contributed by atoms with E-state index in [0.717, 1.165) is 42.6 Å². The fraction of sp³-hybridized carbons (Fsp3) is 0.818. The molecule has 0 aromatic rings. The Morgan fingerprint density at radius 3 is 2.70 bits per heavy atom. The molecule has 1 spiro atoms. The van der Waals surface area contributed by atoms with Crippen molar-refractivity contribution in [1.29, 1.82) is 0 Å². The molecule has 1 N–H and O–H groups in total. The van der Waals surface area contributed by atoms with E-state index in [1.165, 1.54) is 31.3 Å². The van der Waals surface area contributed by atoms with Crippen molar-refractivity contribution in [2.75, 3.05) is 0 Å². The number of halogens is 1. The summed E-state index contributed by atoms with van der Waals surface area (Å²) < 4.78 is 6.16. The Labute approximate surface area is 165 Å². The summed E-state index contributed by atoms with van der Waals surface area (Å²) in [6.07, 6.45) is 9.35. The monoisotopic (exact) mass is 389 g/mol. The number of hydrogen-bond acceptors (Lipinski definition) is 4. The fourth-order valence-corrected chi connectivity index (χ4v) is 9.07. The van der Waals surface area contributed by atoms with Crippen molar-refractivity contribution in [2.24, 2.45) is 46.1 Å². The third kappa shape index (κ3) is 1.91. The molecule has 0 aromatic heterocycles. The van der Waals surface area contributed by atoms with Crippen molar-refractivity contribution in [3.63, 3.8) is 0 Å². The number of hydrogen-bond donors (Lipinski definition) is 1. The molecule has 5 fully saturated rings. The molecule has 4 saturated carbocycles. The van der Waals surface area contributed by atoms with Crippen LogP contribution in [0, 0.1) is 40.9 Å². The molecule has 6 rings (SSSR count). The first kappa shape index (κ1) is 16.9. The molecule has 1 heterocycles. The van der Waals surface area contributed by atoms with Crippen LogP contribution in [0.4, 0.5) is 0 Å². The normalized spacial score (nSPS) is 54.4. The molecule has 0 bridgehead atoms. The summed E-state index contributed by atoms with van der Waals surface area (Å²) in [6.45, 7) is 2.45. The fourth-order valence-electron chi connectivity index (χ4n) is 8.70. The average molecular weight is 390 g/mol. The van der Waals surface area contributed by atoms with Gasteiger partial charge in [0.15, 0.2) is 0 Å². The molecule has 0 aromatic carbocycles. The molecular weight excluding hydrogens is 362 g/mol. The summed E-state index contributed by atoms with van der Waals surface area (Å²) in [7, 11) is 0. The van der Waals surface area contributed by atoms with Crippen molar-refractivity contribution in [3.8, 4) is 0 Å². The second-order valence-electron chi connectivity index (χ2n) is 10.2. The van der Waals surface area contributed by atoms with E-state index >= 15 is 0 Å². The molecule has 6 unspecified atom stereocenters. The van der Waals surface area contributed by atoms with Gasteiger partial charge in [-0.25, -0.2) is 0 Å². The Bertz CT molecular complexity index is 790. The van der Waals surface area contributed by atoms with E-state index in [9.17, 15) is 10.0 Å². The highest BCUT2D eigenvalue weighted by Gasteiger charge is 2.78. The van der Waals surface area contributed by atoms with Crippen LogP contribution < -0.4 is 0 Å². The van der Waals surface area contributed by atoms with Crippen LogP contribution in [0.2, 0.25) is 0 Å². The van der Waals surface area contributed by atoms with Gasteiger partial charge in [0, 0.05) is 17.8 Å². The summed E-state index contributed by atoms with van der Waals surface area (Å²) in [5.74, 6) is 4.14. The van der Waals surface area contributed by atoms with E-state index in [2.05, 4.69) is 12.1 Å². The van der Waals surface area contributed by atoms with Crippen LogP contribution >= 0.6 is 11.6 Å². The number of oxime groups is 1. The first-order chi connectivity index (χ1) is 13.0. The predicted molar refractivity (Wildman–Crippen MR) is 102 cm³/mol. The Morgan fingerprint density at radius 1 is 1.11 bits per heavy atom. The first-order valence-electron chi connectivity index (χ1n) is 10.8. The van der Waals surface area contributed by atoms with Gasteiger partial charge in [0.25, 0.3) is 0 Å². The van der Waals surface area contributed by atoms with Gasteiger partial charge >= 0.3 is 5.97 Å². The Balaban J connectivity index is 1.36. The average Bonchev–Trinajstić information content (AvgIpc) is 3.30. The molecular formula is C22H28ClNO3. The molecule has 0 amide bonds. The summed E-state index contributed by atoms with van der Waals surface area (Å²) in [4.78, 5) is 12.1. The number of fused-ring (bicyclic) bond motifs is 9. The molecule has 0 radical (unpaired) electrons. The van der Waals surface area contributed by atoms with Gasteiger partial charge in [-0.05, 0) is 86.5 Å². The van der Waals surface area contributed by atoms with Crippen LogP contribution in [0.3, 0.4) is 0 Å². The van der Waals surface area contributed by atoms with Gasteiger partial charge in [-0.1, -0.05) is 23.7 Å². The lowest BCUT2D eigenvalue weighted by atomic mass is 9.49. The highest BCUT2D eigenvalue weighted by molar-refractivity contribution is 6.44. The second-order valence-corrected chi connectivity index (χ2v) is 10.6. The van der Waals surface area contributed by atoms with Gasteiger partial charge in [0.05, 0.1) is 10.7 Å². The number of allylic oxidation sites excluding steroid dienone is 2. The van der Waals surface area contributed by atoms with Gasteiger partial charge in [0.2, 0.25) is 0 Å². The topological polar surface area (TPSA) is 58.9 Å². The van der Waals surface area contributed by atoms with Gasteiger partial charge in [-0.3, -0.25) is 4.79 Å². The minimum atomic E-state index is -0.151. The van der Waals surface area contributed by atoms with Gasteiger partial charge in [0.1, 0.15) is 5.60 Å². The zero-order chi connectivity index (χ0) is 18.6. The minimum Gasteiger partial charge on any atom is -0.458 e. The number of ether oxygens (including phenoxy) is 1. The minimum absolute atomic E-state index is 0.0356. The maximum absolute atomic E-state index is 12.1. The number of carbonyl (C=O) groups excluding carboxylic acids is 1. The third-order valence-electron chi connectivity index (χ3n) is 9.67. The van der Waals surface area contributed by atoms with Crippen molar-refractivity contribution in [3.05, 3.63) is 10.6 Å². The zero-order valence-corrected chi connectivity index (χ0v) is 16.7. The van der Waals surface area contributed by atoms with E-state index < -0.39 is 0 Å². The van der Waals surface area contributed by atoms with Gasteiger partial charge < -0.3 is 9.94 Å². The summed E-state index contributed by atoms with van der Waals surface area (Å²) in [5, 5.41) is 13.4. The van der Waals surface area contributed by atoms with Crippen molar-refractivity contribution >= 4 is 23.3 Å². The lowest BCUT2D eigenvalue weighted by molar-refractivity contribution is -0.174. The molecule has 8 atom stereocenters. The van der Waals surface area contributed by atoms with E-state index in [1.807, 2.05) is 0 Å². The highest BCUT2D eigenvalue weighted by atomic mass is 35.5. The smallest absolute Gasteiger partial charge is 0.306 e. The third-order valence-corrected chi connectivity index (χ3v) is 10.1. The van der Waals surface area contributed by atoms with Crippen LogP contribution in [-0.4, -0.2) is 22.5 Å². The molecule has 5 aliphatic carbocycles. The highest BCUT2D eigenvalue weighted by Crippen LogP contribution is 2.78. The predicted octanol–water partition coefficient (Wildman–Crippen LogP) is 4.89. The van der Waals surface area contributed by atoms with E-state index in [-0.39, 0.29) is 17.0 Å². The van der Waals surface area contributed by atoms with Crippen LogP contribution in [-0.2, 0) is 9.53 Å². The van der Waals surface area contributed by atoms with Crippen LogP contribution in [0.1, 0.15) is 64.7 Å². The number of esters is 1. The first-order valence-corrected chi connectivity index (χ1v) is 11.2. The van der Waals surface area contributed by atoms with Crippen LogP contribution in [0.25, 0.3) is 0 Å². The lowest BCUT2D eigenvalue weighted by Gasteiger charge is -2.57. The van der Waals surface area contributed by atoms with Crippen molar-refractivity contribution in [1.82, 2.24) is 0 Å². The van der Waals surface area contributed by atoms with Crippen molar-refractivity contribution < 1.29 is 14.7 Å². The summed E-state index contributed by atoms with van der Waals surface area (Å²) in [6, 6.07) is 0. The molecule has 5 heteroatoms. The molecule has 4 nitrogen and oxygen atoms in total.